The Morgan fingerprint density at radius 2 is 1.78 bits per heavy atom. The lowest BCUT2D eigenvalue weighted by Gasteiger charge is -2.35. The molecule has 1 atom stereocenters. The molecule has 1 amide bonds. The minimum Gasteiger partial charge on any atom is -0.368 e. The Morgan fingerprint density at radius 1 is 1.07 bits per heavy atom. The molecule has 4 rings (SSSR count). The average Bonchev–Trinajstić information content (AvgIpc) is 3.22. The molecule has 0 saturated carbocycles. The molecule has 0 radical (unpaired) electrons. The predicted molar refractivity (Wildman–Crippen MR) is 103 cm³/mol. The topological polar surface area (TPSA) is 66.9 Å². The molecule has 2 saturated heterocycles. The molecule has 27 heavy (non-hydrogen) atoms. The fourth-order valence-electron chi connectivity index (χ4n) is 3.74. The Morgan fingerprint density at radius 3 is 2.44 bits per heavy atom. The van der Waals surface area contributed by atoms with Gasteiger partial charge in [-0.3, -0.25) is 4.79 Å². The number of hydrogen-bond donors (Lipinski definition) is 0. The second-order valence-electron chi connectivity index (χ2n) is 6.83. The van der Waals surface area contributed by atoms with E-state index in [1.54, 1.807) is 29.2 Å². The molecular formula is C19H21ClN2O4S. The molecule has 0 aromatic heterocycles. The third kappa shape index (κ3) is 3.45. The van der Waals surface area contributed by atoms with Crippen molar-refractivity contribution in [2.75, 3.05) is 32.8 Å². The SMILES string of the molecule is O=C(C1CCCO1)N1CCN(S(=O)(=O)c2cccc3cccc(Cl)c23)CC1. The largest absolute Gasteiger partial charge is 0.368 e. The first kappa shape index (κ1) is 18.7. The van der Waals surface area contributed by atoms with Gasteiger partial charge in [0.2, 0.25) is 10.0 Å². The summed E-state index contributed by atoms with van der Waals surface area (Å²) in [5.41, 5.74) is 0. The highest BCUT2D eigenvalue weighted by molar-refractivity contribution is 7.89. The molecule has 0 aliphatic carbocycles. The van der Waals surface area contributed by atoms with Crippen LogP contribution in [0.3, 0.4) is 0 Å². The lowest BCUT2D eigenvalue weighted by molar-refractivity contribution is -0.142. The van der Waals surface area contributed by atoms with Crippen molar-refractivity contribution in [1.82, 2.24) is 9.21 Å². The maximum Gasteiger partial charge on any atom is 0.251 e. The lowest BCUT2D eigenvalue weighted by Crippen LogP contribution is -2.52. The average molecular weight is 409 g/mol. The summed E-state index contributed by atoms with van der Waals surface area (Å²) in [4.78, 5) is 14.4. The molecule has 0 bridgehead atoms. The van der Waals surface area contributed by atoms with Gasteiger partial charge in [0.1, 0.15) is 6.10 Å². The second-order valence-corrected chi connectivity index (χ2v) is 9.14. The van der Waals surface area contributed by atoms with Crippen LogP contribution in [0.25, 0.3) is 10.8 Å². The van der Waals surface area contributed by atoms with Crippen LogP contribution in [-0.2, 0) is 19.6 Å². The van der Waals surface area contributed by atoms with Gasteiger partial charge in [-0.05, 0) is 30.4 Å². The Hall–Kier alpha value is -1.67. The van der Waals surface area contributed by atoms with Crippen molar-refractivity contribution in [3.63, 3.8) is 0 Å². The zero-order valence-electron chi connectivity index (χ0n) is 14.8. The number of fused-ring (bicyclic) bond motifs is 1. The highest BCUT2D eigenvalue weighted by Gasteiger charge is 2.34. The fourth-order valence-corrected chi connectivity index (χ4v) is 5.74. The lowest BCUT2D eigenvalue weighted by atomic mass is 10.1. The number of sulfonamides is 1. The zero-order chi connectivity index (χ0) is 19.0. The van der Waals surface area contributed by atoms with Crippen LogP contribution < -0.4 is 0 Å². The summed E-state index contributed by atoms with van der Waals surface area (Å²) >= 11 is 6.29. The molecular weight excluding hydrogens is 388 g/mol. The quantitative estimate of drug-likeness (QED) is 0.782. The van der Waals surface area contributed by atoms with E-state index in [0.717, 1.165) is 18.2 Å². The predicted octanol–water partition coefficient (Wildman–Crippen LogP) is 2.51. The van der Waals surface area contributed by atoms with E-state index in [9.17, 15) is 13.2 Å². The van der Waals surface area contributed by atoms with Gasteiger partial charge in [-0.25, -0.2) is 8.42 Å². The number of carbonyl (C=O) groups is 1. The molecule has 0 spiro atoms. The summed E-state index contributed by atoms with van der Waals surface area (Å²) in [5.74, 6) is -0.0299. The number of piperazine rings is 1. The van der Waals surface area contributed by atoms with Crippen molar-refractivity contribution in [2.24, 2.45) is 0 Å². The third-order valence-corrected chi connectivity index (χ3v) is 7.44. The smallest absolute Gasteiger partial charge is 0.251 e. The van der Waals surface area contributed by atoms with Crippen LogP contribution in [-0.4, -0.2) is 62.4 Å². The highest BCUT2D eigenvalue weighted by Crippen LogP contribution is 2.32. The van der Waals surface area contributed by atoms with E-state index in [1.165, 1.54) is 4.31 Å². The summed E-state index contributed by atoms with van der Waals surface area (Å²) in [6, 6.07) is 10.5. The second kappa shape index (κ2) is 7.39. The number of benzene rings is 2. The Labute approximate surface area is 163 Å². The van der Waals surface area contributed by atoms with Crippen LogP contribution in [0.2, 0.25) is 5.02 Å². The molecule has 6 nitrogen and oxygen atoms in total. The van der Waals surface area contributed by atoms with E-state index in [2.05, 4.69) is 0 Å². The van der Waals surface area contributed by atoms with Gasteiger partial charge in [-0.2, -0.15) is 4.31 Å². The number of rotatable bonds is 3. The maximum atomic E-state index is 13.2. The Kier molecular flexibility index (Phi) is 5.11. The van der Waals surface area contributed by atoms with Gasteiger partial charge in [0.05, 0.1) is 4.90 Å². The van der Waals surface area contributed by atoms with Crippen molar-refractivity contribution in [2.45, 2.75) is 23.8 Å². The molecule has 8 heteroatoms. The standard InChI is InChI=1S/C19H21ClN2O4S/c20-15-6-1-4-14-5-2-8-17(18(14)15)27(24,25)22-11-9-21(10-12-22)19(23)16-7-3-13-26-16/h1-2,4-6,8,16H,3,7,9-13H2. The van der Waals surface area contributed by atoms with Crippen LogP contribution in [0.4, 0.5) is 0 Å². The normalized spacial score (nSPS) is 21.7. The maximum absolute atomic E-state index is 13.2. The van der Waals surface area contributed by atoms with Gasteiger partial charge in [-0.15, -0.1) is 0 Å². The van der Waals surface area contributed by atoms with E-state index in [-0.39, 0.29) is 30.0 Å². The van der Waals surface area contributed by atoms with Crippen molar-refractivity contribution in [3.05, 3.63) is 41.4 Å². The Balaban J connectivity index is 1.55. The molecule has 2 fully saturated rings. The highest BCUT2D eigenvalue weighted by atomic mass is 35.5. The number of halogens is 1. The monoisotopic (exact) mass is 408 g/mol. The molecule has 2 aromatic carbocycles. The van der Waals surface area contributed by atoms with Crippen LogP contribution in [0, 0.1) is 0 Å². The van der Waals surface area contributed by atoms with Gasteiger partial charge < -0.3 is 9.64 Å². The van der Waals surface area contributed by atoms with E-state index >= 15 is 0 Å². The van der Waals surface area contributed by atoms with Crippen LogP contribution in [0.1, 0.15) is 12.8 Å². The summed E-state index contributed by atoms with van der Waals surface area (Å²) < 4.78 is 33.3. The summed E-state index contributed by atoms with van der Waals surface area (Å²) in [7, 11) is -3.70. The van der Waals surface area contributed by atoms with Crippen LogP contribution in [0.5, 0.6) is 0 Å². The van der Waals surface area contributed by atoms with Gasteiger partial charge in [0, 0.05) is 43.2 Å². The van der Waals surface area contributed by atoms with E-state index in [1.807, 2.05) is 12.1 Å². The van der Waals surface area contributed by atoms with Gasteiger partial charge in [0.15, 0.2) is 0 Å². The minimum absolute atomic E-state index is 0.0299. The Bertz CT molecular complexity index is 960. The number of carbonyl (C=O) groups excluding carboxylic acids is 1. The first-order valence-electron chi connectivity index (χ1n) is 9.06. The number of amides is 1. The number of nitrogens with zero attached hydrogens (tertiary/aromatic N) is 2. The van der Waals surface area contributed by atoms with Gasteiger partial charge in [0.25, 0.3) is 5.91 Å². The molecule has 2 aliphatic rings. The zero-order valence-corrected chi connectivity index (χ0v) is 16.4. The van der Waals surface area contributed by atoms with Crippen molar-refractivity contribution >= 4 is 38.3 Å². The van der Waals surface area contributed by atoms with Crippen molar-refractivity contribution in [3.8, 4) is 0 Å². The van der Waals surface area contributed by atoms with Crippen LogP contribution >= 0.6 is 11.6 Å². The van der Waals surface area contributed by atoms with E-state index in [0.29, 0.717) is 30.1 Å². The van der Waals surface area contributed by atoms with Crippen molar-refractivity contribution < 1.29 is 17.9 Å². The first-order chi connectivity index (χ1) is 13.0. The third-order valence-electron chi connectivity index (χ3n) is 5.19. The molecule has 2 aromatic rings. The summed E-state index contributed by atoms with van der Waals surface area (Å²) in [6.07, 6.45) is 1.27. The summed E-state index contributed by atoms with van der Waals surface area (Å²) in [6.45, 7) is 1.89. The molecule has 0 N–H and O–H groups in total. The molecule has 2 heterocycles. The fraction of sp³-hybridized carbons (Fsp3) is 0.421. The van der Waals surface area contributed by atoms with Crippen LogP contribution in [0.15, 0.2) is 41.3 Å². The molecule has 1 unspecified atom stereocenters. The minimum atomic E-state index is -3.70. The molecule has 2 aliphatic heterocycles. The van der Waals surface area contributed by atoms with Gasteiger partial charge >= 0.3 is 0 Å². The number of ether oxygens (including phenoxy) is 1. The number of hydrogen-bond acceptors (Lipinski definition) is 4. The first-order valence-corrected chi connectivity index (χ1v) is 10.9. The summed E-state index contributed by atoms with van der Waals surface area (Å²) in [5, 5.41) is 1.74. The molecule has 144 valence electrons. The van der Waals surface area contributed by atoms with E-state index in [4.69, 9.17) is 16.3 Å². The van der Waals surface area contributed by atoms with Crippen molar-refractivity contribution in [1.29, 1.82) is 0 Å². The van der Waals surface area contributed by atoms with E-state index < -0.39 is 10.0 Å². The van der Waals surface area contributed by atoms with Gasteiger partial charge in [-0.1, -0.05) is 35.9 Å².